The van der Waals surface area contributed by atoms with Crippen molar-refractivity contribution in [3.05, 3.63) is 16.5 Å². The number of thiophene rings is 1. The van der Waals surface area contributed by atoms with Gasteiger partial charge in [-0.2, -0.15) is 0 Å². The standard InChI is InChI=1S/C10H14ClNO3S2/c11-9-3-4-10(16-9)17(13,14)12-6-5-8-2-1-7-15-8/h3-4,8,12H,1-2,5-7H2. The van der Waals surface area contributed by atoms with Gasteiger partial charge in [-0.15, -0.1) is 11.3 Å². The molecule has 0 saturated carbocycles. The van der Waals surface area contributed by atoms with Crippen LogP contribution < -0.4 is 4.72 Å². The van der Waals surface area contributed by atoms with E-state index in [1.54, 1.807) is 6.07 Å². The van der Waals surface area contributed by atoms with Gasteiger partial charge in [-0.05, 0) is 31.4 Å². The molecule has 1 unspecified atom stereocenters. The van der Waals surface area contributed by atoms with Gasteiger partial charge in [0.2, 0.25) is 10.0 Å². The van der Waals surface area contributed by atoms with Crippen LogP contribution in [0.1, 0.15) is 19.3 Å². The van der Waals surface area contributed by atoms with E-state index in [0.717, 1.165) is 37.2 Å². The first kappa shape index (κ1) is 13.3. The maximum absolute atomic E-state index is 11.8. The average molecular weight is 296 g/mol. The molecule has 0 aromatic carbocycles. The van der Waals surface area contributed by atoms with Gasteiger partial charge in [0.1, 0.15) is 4.21 Å². The molecule has 1 atom stereocenters. The highest BCUT2D eigenvalue weighted by atomic mass is 35.5. The molecule has 0 bridgehead atoms. The van der Waals surface area contributed by atoms with E-state index in [1.807, 2.05) is 0 Å². The smallest absolute Gasteiger partial charge is 0.250 e. The number of nitrogens with one attached hydrogen (secondary N) is 1. The summed E-state index contributed by atoms with van der Waals surface area (Å²) >= 11 is 6.77. The van der Waals surface area contributed by atoms with Crippen LogP contribution in [0.5, 0.6) is 0 Å². The van der Waals surface area contributed by atoms with Gasteiger partial charge in [0.25, 0.3) is 0 Å². The zero-order valence-electron chi connectivity index (χ0n) is 9.19. The van der Waals surface area contributed by atoms with Gasteiger partial charge < -0.3 is 4.74 Å². The molecule has 1 aromatic rings. The lowest BCUT2D eigenvalue weighted by atomic mass is 10.2. The van der Waals surface area contributed by atoms with E-state index in [4.69, 9.17) is 16.3 Å². The molecule has 2 rings (SSSR count). The zero-order valence-corrected chi connectivity index (χ0v) is 11.6. The van der Waals surface area contributed by atoms with Crippen LogP contribution in [0.2, 0.25) is 4.34 Å². The average Bonchev–Trinajstić information content (AvgIpc) is 2.89. The van der Waals surface area contributed by atoms with Crippen LogP contribution in [-0.2, 0) is 14.8 Å². The van der Waals surface area contributed by atoms with E-state index in [9.17, 15) is 8.42 Å². The summed E-state index contributed by atoms with van der Waals surface area (Å²) < 4.78 is 32.4. The highest BCUT2D eigenvalue weighted by molar-refractivity contribution is 7.91. The van der Waals surface area contributed by atoms with Crippen molar-refractivity contribution in [2.24, 2.45) is 0 Å². The monoisotopic (exact) mass is 295 g/mol. The summed E-state index contributed by atoms with van der Waals surface area (Å²) in [5.41, 5.74) is 0. The van der Waals surface area contributed by atoms with E-state index in [2.05, 4.69) is 4.72 Å². The van der Waals surface area contributed by atoms with E-state index >= 15 is 0 Å². The molecule has 1 N–H and O–H groups in total. The third-order valence-corrected chi connectivity index (χ3v) is 5.78. The minimum Gasteiger partial charge on any atom is -0.378 e. The van der Waals surface area contributed by atoms with Gasteiger partial charge in [-0.1, -0.05) is 11.6 Å². The fourth-order valence-corrected chi connectivity index (χ4v) is 4.31. The summed E-state index contributed by atoms with van der Waals surface area (Å²) in [6, 6.07) is 3.10. The van der Waals surface area contributed by atoms with Crippen molar-refractivity contribution in [1.82, 2.24) is 4.72 Å². The molecule has 0 radical (unpaired) electrons. The highest BCUT2D eigenvalue weighted by Crippen LogP contribution is 2.25. The Labute approximate surface area is 110 Å². The van der Waals surface area contributed by atoms with Crippen LogP contribution in [0, 0.1) is 0 Å². The predicted molar refractivity (Wildman–Crippen MR) is 68.1 cm³/mol. The Kier molecular flexibility index (Phi) is 4.43. The van der Waals surface area contributed by atoms with Gasteiger partial charge in [0.05, 0.1) is 10.4 Å². The maximum Gasteiger partial charge on any atom is 0.250 e. The quantitative estimate of drug-likeness (QED) is 0.906. The Balaban J connectivity index is 1.85. The first-order chi connectivity index (χ1) is 8.08. The predicted octanol–water partition coefficient (Wildman–Crippen LogP) is 2.25. The van der Waals surface area contributed by atoms with Crippen molar-refractivity contribution >= 4 is 33.0 Å². The Hall–Kier alpha value is -0.140. The maximum atomic E-state index is 11.8. The number of sulfonamides is 1. The Morgan fingerprint density at radius 2 is 2.35 bits per heavy atom. The number of hydrogen-bond acceptors (Lipinski definition) is 4. The third-order valence-electron chi connectivity index (χ3n) is 2.60. The number of hydrogen-bond donors (Lipinski definition) is 1. The topological polar surface area (TPSA) is 55.4 Å². The fourth-order valence-electron chi connectivity index (χ4n) is 1.74. The lowest BCUT2D eigenvalue weighted by molar-refractivity contribution is 0.105. The van der Waals surface area contributed by atoms with Crippen LogP contribution in [-0.4, -0.2) is 27.7 Å². The zero-order chi connectivity index (χ0) is 12.3. The highest BCUT2D eigenvalue weighted by Gasteiger charge is 2.19. The first-order valence-electron chi connectivity index (χ1n) is 5.44. The van der Waals surface area contributed by atoms with Crippen molar-refractivity contribution in [2.45, 2.75) is 29.6 Å². The number of halogens is 1. The molecule has 1 aliphatic heterocycles. The van der Waals surface area contributed by atoms with E-state index in [-0.39, 0.29) is 10.3 Å². The van der Waals surface area contributed by atoms with Crippen LogP contribution in [0.3, 0.4) is 0 Å². The minimum absolute atomic E-state index is 0.199. The van der Waals surface area contributed by atoms with Crippen molar-refractivity contribution in [2.75, 3.05) is 13.2 Å². The third kappa shape index (κ3) is 3.66. The van der Waals surface area contributed by atoms with Crippen molar-refractivity contribution in [3.63, 3.8) is 0 Å². The second kappa shape index (κ2) is 5.67. The Bertz CT molecular complexity index is 466. The summed E-state index contributed by atoms with van der Waals surface area (Å²) in [5.74, 6) is 0. The summed E-state index contributed by atoms with van der Waals surface area (Å²) in [6.07, 6.45) is 3.01. The molecular formula is C10H14ClNO3S2. The van der Waals surface area contributed by atoms with Crippen LogP contribution in [0.15, 0.2) is 16.3 Å². The van der Waals surface area contributed by atoms with Crippen LogP contribution in [0.4, 0.5) is 0 Å². The number of rotatable bonds is 5. The molecule has 0 aliphatic carbocycles. The molecule has 0 amide bonds. The molecule has 2 heterocycles. The Morgan fingerprint density at radius 3 is 2.94 bits per heavy atom. The lowest BCUT2D eigenvalue weighted by Crippen LogP contribution is -2.26. The largest absolute Gasteiger partial charge is 0.378 e. The van der Waals surface area contributed by atoms with Crippen molar-refractivity contribution in [3.8, 4) is 0 Å². The Morgan fingerprint density at radius 1 is 1.53 bits per heavy atom. The van der Waals surface area contributed by atoms with Gasteiger partial charge >= 0.3 is 0 Å². The molecule has 0 spiro atoms. The summed E-state index contributed by atoms with van der Waals surface area (Å²) in [6.45, 7) is 1.19. The molecule has 7 heteroatoms. The summed E-state index contributed by atoms with van der Waals surface area (Å²) in [7, 11) is -3.40. The van der Waals surface area contributed by atoms with E-state index in [1.165, 1.54) is 6.07 Å². The molecular weight excluding hydrogens is 282 g/mol. The first-order valence-corrected chi connectivity index (χ1v) is 8.12. The summed E-state index contributed by atoms with van der Waals surface area (Å²) in [4.78, 5) is 0. The second-order valence-corrected chi connectivity index (χ2v) is 7.59. The van der Waals surface area contributed by atoms with E-state index < -0.39 is 10.0 Å². The number of ether oxygens (including phenoxy) is 1. The van der Waals surface area contributed by atoms with E-state index in [0.29, 0.717) is 10.9 Å². The molecule has 1 aliphatic rings. The molecule has 4 nitrogen and oxygen atoms in total. The van der Waals surface area contributed by atoms with Gasteiger partial charge in [0.15, 0.2) is 0 Å². The second-order valence-electron chi connectivity index (χ2n) is 3.88. The van der Waals surface area contributed by atoms with Crippen molar-refractivity contribution < 1.29 is 13.2 Å². The molecule has 96 valence electrons. The lowest BCUT2D eigenvalue weighted by Gasteiger charge is -2.09. The fraction of sp³-hybridized carbons (Fsp3) is 0.600. The molecule has 1 aromatic heterocycles. The molecule has 17 heavy (non-hydrogen) atoms. The minimum atomic E-state index is -3.40. The van der Waals surface area contributed by atoms with Crippen LogP contribution in [0.25, 0.3) is 0 Å². The summed E-state index contributed by atoms with van der Waals surface area (Å²) in [5, 5.41) is 0. The van der Waals surface area contributed by atoms with Gasteiger partial charge in [0, 0.05) is 13.2 Å². The van der Waals surface area contributed by atoms with Crippen LogP contribution >= 0.6 is 22.9 Å². The van der Waals surface area contributed by atoms with Gasteiger partial charge in [-0.3, -0.25) is 0 Å². The normalized spacial score (nSPS) is 20.9. The molecule has 1 saturated heterocycles. The van der Waals surface area contributed by atoms with Gasteiger partial charge in [-0.25, -0.2) is 13.1 Å². The van der Waals surface area contributed by atoms with Crippen molar-refractivity contribution in [1.29, 1.82) is 0 Å². The molecule has 1 fully saturated rings. The SMILES string of the molecule is O=S(=O)(NCCC1CCCO1)c1ccc(Cl)s1.